The van der Waals surface area contributed by atoms with E-state index in [9.17, 15) is 0 Å². The van der Waals surface area contributed by atoms with Gasteiger partial charge in [-0.05, 0) is 0 Å². The standard InChI is InChI=1S/C18H35O3Si.3C4H9.Sn/c1-18(2)20-16-17(21-18)12-8-10-14-19-13-9-6-7-11-15-22(3,4)5;3*1-3-4-2;/h7,11,14,17H,6,8-10,12-13,15-16H2,1-5H3;3*1,3-4H2,2H3;/b11-7+;;;;. The van der Waals surface area contributed by atoms with E-state index in [1.165, 1.54) is 83.6 Å². The zero-order chi connectivity index (χ0) is 26.2. The quantitative estimate of drug-likeness (QED) is 0.0729. The summed E-state index contributed by atoms with van der Waals surface area (Å²) in [4.78, 5) is 0. The van der Waals surface area contributed by atoms with Crippen molar-refractivity contribution in [3.05, 3.63) is 12.2 Å². The van der Waals surface area contributed by atoms with Crippen LogP contribution in [0.2, 0.25) is 39.0 Å². The summed E-state index contributed by atoms with van der Waals surface area (Å²) in [6, 6.07) is 1.30. The van der Waals surface area contributed by atoms with Gasteiger partial charge in [-0.2, -0.15) is 0 Å². The van der Waals surface area contributed by atoms with E-state index >= 15 is 0 Å². The molecule has 2 atom stereocenters. The van der Waals surface area contributed by atoms with Crippen molar-refractivity contribution in [2.75, 3.05) is 13.2 Å². The molecule has 0 aromatic carbocycles. The molecule has 0 radical (unpaired) electrons. The summed E-state index contributed by atoms with van der Waals surface area (Å²) in [5.41, 5.74) is 0. The first-order chi connectivity index (χ1) is 16.6. The van der Waals surface area contributed by atoms with Gasteiger partial charge in [-0.15, -0.1) is 0 Å². The van der Waals surface area contributed by atoms with Crippen LogP contribution < -0.4 is 0 Å². The molecule has 1 aliphatic heterocycles. The van der Waals surface area contributed by atoms with Crippen molar-refractivity contribution in [2.24, 2.45) is 0 Å². The molecule has 0 bridgehead atoms. The predicted molar refractivity (Wildman–Crippen MR) is 160 cm³/mol. The molecule has 208 valence electrons. The Balaban J connectivity index is 2.82. The summed E-state index contributed by atoms with van der Waals surface area (Å²) in [7, 11) is -0.971. The average molecular weight is 618 g/mol. The first-order valence-corrected chi connectivity index (χ1v) is 26.6. The second-order valence-corrected chi connectivity index (χ2v) is 32.2. The van der Waals surface area contributed by atoms with Gasteiger partial charge in [0.05, 0.1) is 0 Å². The molecule has 0 amide bonds. The Morgan fingerprint density at radius 2 is 1.51 bits per heavy atom. The Labute approximate surface area is 225 Å². The molecule has 2 unspecified atom stereocenters. The maximum absolute atomic E-state index is 6.95. The van der Waals surface area contributed by atoms with Crippen molar-refractivity contribution < 1.29 is 14.2 Å². The van der Waals surface area contributed by atoms with Crippen LogP contribution in [0.3, 0.4) is 0 Å². The van der Waals surface area contributed by atoms with Crippen LogP contribution in [-0.4, -0.2) is 55.7 Å². The molecule has 1 saturated heterocycles. The summed E-state index contributed by atoms with van der Waals surface area (Å²) in [6.45, 7) is 20.2. The predicted octanol–water partition coefficient (Wildman–Crippen LogP) is 9.76. The van der Waals surface area contributed by atoms with Gasteiger partial charge in [0.25, 0.3) is 0 Å². The van der Waals surface area contributed by atoms with Crippen LogP contribution in [0, 0.1) is 0 Å². The number of hydrogen-bond acceptors (Lipinski definition) is 3. The molecule has 0 saturated carbocycles. The van der Waals surface area contributed by atoms with E-state index in [-0.39, 0.29) is 6.10 Å². The second-order valence-electron chi connectivity index (χ2n) is 12.8. The Morgan fingerprint density at radius 1 is 0.914 bits per heavy atom. The van der Waals surface area contributed by atoms with Crippen molar-refractivity contribution in [3.63, 3.8) is 0 Å². The van der Waals surface area contributed by atoms with Crippen molar-refractivity contribution in [3.8, 4) is 0 Å². The third-order valence-electron chi connectivity index (χ3n) is 7.56. The van der Waals surface area contributed by atoms with Gasteiger partial charge in [0.2, 0.25) is 0 Å². The Hall–Kier alpha value is 0.636. The van der Waals surface area contributed by atoms with Crippen molar-refractivity contribution in [1.29, 1.82) is 0 Å². The van der Waals surface area contributed by atoms with E-state index in [0.29, 0.717) is 4.12 Å². The van der Waals surface area contributed by atoms with Crippen LogP contribution >= 0.6 is 0 Å². The summed E-state index contributed by atoms with van der Waals surface area (Å²) < 4.78 is 24.1. The van der Waals surface area contributed by atoms with Gasteiger partial charge >= 0.3 is 226 Å². The summed E-state index contributed by atoms with van der Waals surface area (Å²) in [5.74, 6) is -0.407. The SMILES string of the molecule is CCC[CH2][Sn]([CH2]CCC)([CH2]CCC)[CH](CCCC1COC(C)(C)O1)OCCC/C=C/C[Si](C)(C)C. The maximum atomic E-state index is 6.95. The van der Waals surface area contributed by atoms with Gasteiger partial charge in [0.1, 0.15) is 0 Å². The molecule has 1 heterocycles. The third kappa shape index (κ3) is 15.0. The number of allylic oxidation sites excluding steroid dienone is 2. The number of rotatable bonds is 21. The second kappa shape index (κ2) is 18.0. The van der Waals surface area contributed by atoms with Crippen molar-refractivity contribution >= 4 is 26.5 Å². The van der Waals surface area contributed by atoms with E-state index in [4.69, 9.17) is 14.2 Å². The van der Waals surface area contributed by atoms with Gasteiger partial charge in [-0.25, -0.2) is 0 Å². The van der Waals surface area contributed by atoms with Crippen LogP contribution in [-0.2, 0) is 14.2 Å². The molecule has 1 rings (SSSR count). The number of hydrogen-bond donors (Lipinski definition) is 0. The van der Waals surface area contributed by atoms with Crippen molar-refractivity contribution in [2.45, 2.75) is 160 Å². The Bertz CT molecular complexity index is 537. The molecule has 0 spiro atoms. The molecule has 1 fully saturated rings. The van der Waals surface area contributed by atoms with Crippen LogP contribution in [0.5, 0.6) is 0 Å². The molecular weight excluding hydrogens is 555 g/mol. The van der Waals surface area contributed by atoms with Crippen LogP contribution in [0.15, 0.2) is 12.2 Å². The Morgan fingerprint density at radius 3 is 2.00 bits per heavy atom. The van der Waals surface area contributed by atoms with Gasteiger partial charge < -0.3 is 0 Å². The fourth-order valence-electron chi connectivity index (χ4n) is 5.43. The molecule has 3 nitrogen and oxygen atoms in total. The topological polar surface area (TPSA) is 27.7 Å². The van der Waals surface area contributed by atoms with Gasteiger partial charge in [0.15, 0.2) is 0 Å². The van der Waals surface area contributed by atoms with Crippen LogP contribution in [0.25, 0.3) is 0 Å². The summed E-state index contributed by atoms with van der Waals surface area (Å²) >= 11 is -2.44. The fourth-order valence-corrected chi connectivity index (χ4v) is 23.9. The molecule has 1 aliphatic rings. The minimum atomic E-state index is -2.44. The van der Waals surface area contributed by atoms with Gasteiger partial charge in [0, 0.05) is 0 Å². The molecule has 0 aromatic heterocycles. The molecule has 0 aliphatic carbocycles. The monoisotopic (exact) mass is 618 g/mol. The Kier molecular flexibility index (Phi) is 17.3. The minimum absolute atomic E-state index is 0.258. The fraction of sp³-hybridized carbons (Fsp3) is 0.933. The molecular formula is C30H62O3SiSn. The van der Waals surface area contributed by atoms with Crippen LogP contribution in [0.1, 0.15) is 105 Å². The van der Waals surface area contributed by atoms with E-state index in [0.717, 1.165) is 19.6 Å². The number of unbranched alkanes of at least 4 members (excludes halogenated alkanes) is 4. The normalized spacial score (nSPS) is 19.6. The van der Waals surface area contributed by atoms with E-state index in [2.05, 4.69) is 52.6 Å². The summed E-state index contributed by atoms with van der Waals surface area (Å²) in [6.07, 6.45) is 19.2. The first-order valence-electron chi connectivity index (χ1n) is 15.2. The molecule has 0 aromatic rings. The average Bonchev–Trinajstić information content (AvgIpc) is 3.14. The summed E-state index contributed by atoms with van der Waals surface area (Å²) in [5, 5.41) is 0. The van der Waals surface area contributed by atoms with E-state index < -0.39 is 32.2 Å². The van der Waals surface area contributed by atoms with E-state index in [1.54, 1.807) is 0 Å². The third-order valence-corrected chi connectivity index (χ3v) is 25.8. The van der Waals surface area contributed by atoms with Crippen LogP contribution in [0.4, 0.5) is 0 Å². The zero-order valence-corrected chi connectivity index (χ0v) is 28.9. The van der Waals surface area contributed by atoms with Gasteiger partial charge in [-0.3, -0.25) is 0 Å². The number of ether oxygens (including phenoxy) is 3. The molecule has 0 N–H and O–H groups in total. The zero-order valence-electron chi connectivity index (χ0n) is 25.1. The molecule has 5 heteroatoms. The molecule has 35 heavy (non-hydrogen) atoms. The van der Waals surface area contributed by atoms with Crippen molar-refractivity contribution in [1.82, 2.24) is 0 Å². The first kappa shape index (κ1) is 33.7. The van der Waals surface area contributed by atoms with Gasteiger partial charge in [-0.1, -0.05) is 0 Å². The van der Waals surface area contributed by atoms with E-state index in [1.807, 2.05) is 13.8 Å².